The van der Waals surface area contributed by atoms with Crippen LogP contribution in [0, 0.1) is 0 Å². The molecule has 1 N–H and O–H groups in total. The number of methoxy groups -OCH3 is 1. The summed E-state index contributed by atoms with van der Waals surface area (Å²) in [5.74, 6) is -0.293. The highest BCUT2D eigenvalue weighted by Gasteiger charge is 2.08. The van der Waals surface area contributed by atoms with Gasteiger partial charge in [0.25, 0.3) is 0 Å². The molecule has 23 heavy (non-hydrogen) atoms. The zero-order valence-electron chi connectivity index (χ0n) is 13.1. The molecule has 0 spiro atoms. The fourth-order valence-electron chi connectivity index (χ4n) is 2.07. The molecule has 4 nitrogen and oxygen atoms in total. The van der Waals surface area contributed by atoms with Gasteiger partial charge in [0.1, 0.15) is 12.4 Å². The number of rotatable bonds is 8. The fraction of sp³-hybridized carbons (Fsp3) is 0.211. The SMILES string of the molecule is COCC/C=C/c1cc(C(=O)O)ccc1OCc1ccccc1. The number of aromatic carboxylic acids is 1. The molecule has 0 saturated heterocycles. The lowest BCUT2D eigenvalue weighted by molar-refractivity contribution is 0.0697. The van der Waals surface area contributed by atoms with E-state index in [1.807, 2.05) is 42.5 Å². The smallest absolute Gasteiger partial charge is 0.335 e. The van der Waals surface area contributed by atoms with Crippen molar-refractivity contribution in [1.82, 2.24) is 0 Å². The molecule has 0 atom stereocenters. The minimum Gasteiger partial charge on any atom is -0.488 e. The zero-order chi connectivity index (χ0) is 16.5. The van der Waals surface area contributed by atoms with Crippen LogP contribution in [-0.2, 0) is 11.3 Å². The minimum atomic E-state index is -0.953. The van der Waals surface area contributed by atoms with Gasteiger partial charge in [0.2, 0.25) is 0 Å². The normalized spacial score (nSPS) is 10.8. The first-order valence-corrected chi connectivity index (χ1v) is 7.40. The highest BCUT2D eigenvalue weighted by atomic mass is 16.5. The van der Waals surface area contributed by atoms with E-state index in [0.717, 1.165) is 17.5 Å². The van der Waals surface area contributed by atoms with Crippen LogP contribution in [0.3, 0.4) is 0 Å². The first-order valence-electron chi connectivity index (χ1n) is 7.40. The summed E-state index contributed by atoms with van der Waals surface area (Å²) in [6.45, 7) is 1.06. The standard InChI is InChI=1S/C19H20O4/c1-22-12-6-5-9-16-13-17(19(20)21)10-11-18(16)23-14-15-7-3-2-4-8-15/h2-5,7-11,13H,6,12,14H2,1H3,(H,20,21)/b9-5+. The van der Waals surface area contributed by atoms with Crippen LogP contribution in [0.2, 0.25) is 0 Å². The van der Waals surface area contributed by atoms with Crippen LogP contribution in [0.5, 0.6) is 5.75 Å². The highest BCUT2D eigenvalue weighted by molar-refractivity contribution is 5.88. The van der Waals surface area contributed by atoms with Gasteiger partial charge in [-0.15, -0.1) is 0 Å². The molecule has 4 heteroatoms. The summed E-state index contributed by atoms with van der Waals surface area (Å²) >= 11 is 0. The topological polar surface area (TPSA) is 55.8 Å². The Morgan fingerprint density at radius 1 is 1.17 bits per heavy atom. The van der Waals surface area contributed by atoms with Gasteiger partial charge in [0.15, 0.2) is 0 Å². The van der Waals surface area contributed by atoms with Crippen LogP contribution in [-0.4, -0.2) is 24.8 Å². The first-order chi connectivity index (χ1) is 11.2. The number of hydrogen-bond acceptors (Lipinski definition) is 3. The van der Waals surface area contributed by atoms with E-state index in [-0.39, 0.29) is 5.56 Å². The van der Waals surface area contributed by atoms with Crippen LogP contribution in [0.15, 0.2) is 54.6 Å². The predicted molar refractivity (Wildman–Crippen MR) is 89.7 cm³/mol. The molecule has 0 aliphatic rings. The Balaban J connectivity index is 2.15. The second-order valence-electron chi connectivity index (χ2n) is 5.02. The first kappa shape index (κ1) is 16.8. The Morgan fingerprint density at radius 2 is 1.96 bits per heavy atom. The maximum absolute atomic E-state index is 11.1. The zero-order valence-corrected chi connectivity index (χ0v) is 13.1. The molecule has 0 aliphatic carbocycles. The number of carboxylic acids is 1. The molecule has 0 heterocycles. The van der Waals surface area contributed by atoms with Gasteiger partial charge in [-0.2, -0.15) is 0 Å². The molecule has 2 aromatic rings. The molecule has 0 bridgehead atoms. The van der Waals surface area contributed by atoms with E-state index in [2.05, 4.69) is 0 Å². The second kappa shape index (κ2) is 8.76. The van der Waals surface area contributed by atoms with E-state index in [4.69, 9.17) is 14.6 Å². The minimum absolute atomic E-state index is 0.239. The lowest BCUT2D eigenvalue weighted by atomic mass is 10.1. The quantitative estimate of drug-likeness (QED) is 0.748. The van der Waals surface area contributed by atoms with Gasteiger partial charge in [-0.05, 0) is 30.2 Å². The molecular weight excluding hydrogens is 292 g/mol. The average molecular weight is 312 g/mol. The van der Waals surface area contributed by atoms with Crippen molar-refractivity contribution in [2.75, 3.05) is 13.7 Å². The maximum Gasteiger partial charge on any atom is 0.335 e. The summed E-state index contributed by atoms with van der Waals surface area (Å²) in [5.41, 5.74) is 2.05. The van der Waals surface area contributed by atoms with E-state index in [9.17, 15) is 4.79 Å². The number of carbonyl (C=O) groups is 1. The Labute approximate surface area is 136 Å². The van der Waals surface area contributed by atoms with Gasteiger partial charge in [0, 0.05) is 19.3 Å². The van der Waals surface area contributed by atoms with Crippen molar-refractivity contribution >= 4 is 12.0 Å². The van der Waals surface area contributed by atoms with Crippen molar-refractivity contribution in [3.63, 3.8) is 0 Å². The molecule has 0 radical (unpaired) electrons. The van der Waals surface area contributed by atoms with Gasteiger partial charge in [0.05, 0.1) is 5.56 Å². The van der Waals surface area contributed by atoms with Gasteiger partial charge in [-0.1, -0.05) is 42.5 Å². The summed E-state index contributed by atoms with van der Waals surface area (Å²) in [4.78, 5) is 11.1. The second-order valence-corrected chi connectivity index (χ2v) is 5.02. The molecule has 2 rings (SSSR count). The van der Waals surface area contributed by atoms with Crippen molar-refractivity contribution in [2.45, 2.75) is 13.0 Å². The van der Waals surface area contributed by atoms with Crippen LogP contribution in [0.25, 0.3) is 6.08 Å². The van der Waals surface area contributed by atoms with Crippen molar-refractivity contribution < 1.29 is 19.4 Å². The summed E-state index contributed by atoms with van der Waals surface area (Å²) in [7, 11) is 1.65. The van der Waals surface area contributed by atoms with E-state index < -0.39 is 5.97 Å². The van der Waals surface area contributed by atoms with Crippen molar-refractivity contribution in [2.24, 2.45) is 0 Å². The van der Waals surface area contributed by atoms with E-state index in [1.54, 1.807) is 25.3 Å². The monoisotopic (exact) mass is 312 g/mol. The van der Waals surface area contributed by atoms with Gasteiger partial charge < -0.3 is 14.6 Å². The molecule has 0 saturated carbocycles. The number of ether oxygens (including phenoxy) is 2. The predicted octanol–water partition coefficient (Wildman–Crippen LogP) is 4.01. The molecule has 0 aliphatic heterocycles. The summed E-state index contributed by atoms with van der Waals surface area (Å²) < 4.78 is 10.8. The molecule has 0 unspecified atom stereocenters. The van der Waals surface area contributed by atoms with Crippen molar-refractivity contribution in [3.05, 3.63) is 71.3 Å². The highest BCUT2D eigenvalue weighted by Crippen LogP contribution is 2.23. The van der Waals surface area contributed by atoms with E-state index in [0.29, 0.717) is 19.0 Å². The van der Waals surface area contributed by atoms with Gasteiger partial charge in [-0.25, -0.2) is 4.79 Å². The number of benzene rings is 2. The Morgan fingerprint density at radius 3 is 2.65 bits per heavy atom. The van der Waals surface area contributed by atoms with Crippen LogP contribution >= 0.6 is 0 Å². The number of carboxylic acid groups (broad SMARTS) is 1. The van der Waals surface area contributed by atoms with E-state index in [1.165, 1.54) is 0 Å². The largest absolute Gasteiger partial charge is 0.488 e. The third-order valence-electron chi connectivity index (χ3n) is 3.28. The number of hydrogen-bond donors (Lipinski definition) is 1. The molecule has 2 aromatic carbocycles. The average Bonchev–Trinajstić information content (AvgIpc) is 2.58. The Bertz CT molecular complexity index is 662. The Hall–Kier alpha value is -2.59. The third-order valence-corrected chi connectivity index (χ3v) is 3.28. The van der Waals surface area contributed by atoms with E-state index >= 15 is 0 Å². The lowest BCUT2D eigenvalue weighted by Crippen LogP contribution is -2.00. The van der Waals surface area contributed by atoms with Crippen molar-refractivity contribution in [3.8, 4) is 5.75 Å². The lowest BCUT2D eigenvalue weighted by Gasteiger charge is -2.10. The van der Waals surface area contributed by atoms with Crippen LogP contribution in [0.4, 0.5) is 0 Å². The third kappa shape index (κ3) is 5.27. The van der Waals surface area contributed by atoms with Crippen LogP contribution in [0.1, 0.15) is 27.9 Å². The molecule has 120 valence electrons. The van der Waals surface area contributed by atoms with Crippen LogP contribution < -0.4 is 4.74 Å². The molecular formula is C19H20O4. The molecule has 0 amide bonds. The fourth-order valence-corrected chi connectivity index (χ4v) is 2.07. The van der Waals surface area contributed by atoms with Crippen molar-refractivity contribution in [1.29, 1.82) is 0 Å². The summed E-state index contributed by atoms with van der Waals surface area (Å²) in [5, 5.41) is 9.13. The summed E-state index contributed by atoms with van der Waals surface area (Å²) in [6, 6.07) is 14.7. The van der Waals surface area contributed by atoms with Gasteiger partial charge >= 0.3 is 5.97 Å². The molecule has 0 fully saturated rings. The maximum atomic E-state index is 11.1. The summed E-state index contributed by atoms with van der Waals surface area (Å²) in [6.07, 6.45) is 4.57. The van der Waals surface area contributed by atoms with Gasteiger partial charge in [-0.3, -0.25) is 0 Å². The molecule has 0 aromatic heterocycles. The Kier molecular flexibility index (Phi) is 6.39.